The van der Waals surface area contributed by atoms with Crippen LogP contribution in [0.3, 0.4) is 0 Å². The molecule has 13 heavy (non-hydrogen) atoms. The number of halogens is 3. The van der Waals surface area contributed by atoms with E-state index >= 15 is 0 Å². The van der Waals surface area contributed by atoms with Crippen LogP contribution in [0.15, 0.2) is 0 Å². The molecule has 0 N–H and O–H groups in total. The molecule has 5 heteroatoms. The lowest BCUT2D eigenvalue weighted by Gasteiger charge is -2.22. The SMILES string of the molecule is CCCO[Si](C)(C)CCC(F)(F)F. The summed E-state index contributed by atoms with van der Waals surface area (Å²) in [5, 5.41) is 0. The first-order chi connectivity index (χ1) is 5.77. The molecular weight excluding hydrogens is 197 g/mol. The van der Waals surface area contributed by atoms with Crippen molar-refractivity contribution in [3.8, 4) is 0 Å². The van der Waals surface area contributed by atoms with Crippen molar-refractivity contribution in [3.63, 3.8) is 0 Å². The van der Waals surface area contributed by atoms with E-state index in [1.807, 2.05) is 20.0 Å². The Morgan fingerprint density at radius 2 is 1.77 bits per heavy atom. The van der Waals surface area contributed by atoms with Gasteiger partial charge in [0.1, 0.15) is 0 Å². The Kier molecular flexibility index (Phi) is 4.99. The number of rotatable bonds is 5. The highest BCUT2D eigenvalue weighted by atomic mass is 28.4. The van der Waals surface area contributed by atoms with Gasteiger partial charge in [0, 0.05) is 13.0 Å². The number of hydrogen-bond donors (Lipinski definition) is 0. The molecular formula is C8H17F3OSi. The van der Waals surface area contributed by atoms with Gasteiger partial charge in [-0.25, -0.2) is 0 Å². The highest BCUT2D eigenvalue weighted by Crippen LogP contribution is 2.26. The van der Waals surface area contributed by atoms with E-state index in [4.69, 9.17) is 4.43 Å². The zero-order chi connectivity index (χ0) is 10.5. The molecule has 0 aromatic heterocycles. The normalized spacial score (nSPS) is 13.4. The van der Waals surface area contributed by atoms with E-state index in [0.717, 1.165) is 6.42 Å². The number of alkyl halides is 3. The highest BCUT2D eigenvalue weighted by molar-refractivity contribution is 6.71. The van der Waals surface area contributed by atoms with Gasteiger partial charge in [-0.15, -0.1) is 0 Å². The Hall–Kier alpha value is -0.0331. The fourth-order valence-corrected chi connectivity index (χ4v) is 2.68. The van der Waals surface area contributed by atoms with Gasteiger partial charge in [0.15, 0.2) is 8.32 Å². The Bertz CT molecular complexity index is 145. The quantitative estimate of drug-likeness (QED) is 0.636. The van der Waals surface area contributed by atoms with E-state index in [9.17, 15) is 13.2 Å². The molecule has 0 radical (unpaired) electrons. The van der Waals surface area contributed by atoms with Gasteiger partial charge in [-0.1, -0.05) is 6.92 Å². The van der Waals surface area contributed by atoms with Gasteiger partial charge in [-0.2, -0.15) is 13.2 Å². The van der Waals surface area contributed by atoms with Crippen LogP contribution < -0.4 is 0 Å². The van der Waals surface area contributed by atoms with Crippen molar-refractivity contribution < 1.29 is 17.6 Å². The summed E-state index contributed by atoms with van der Waals surface area (Å²) in [6.07, 6.45) is -3.89. The van der Waals surface area contributed by atoms with E-state index in [1.54, 1.807) is 0 Å². The van der Waals surface area contributed by atoms with Crippen LogP contribution in [0, 0.1) is 0 Å². The van der Waals surface area contributed by atoms with Crippen molar-refractivity contribution in [2.75, 3.05) is 6.61 Å². The maximum Gasteiger partial charge on any atom is 0.388 e. The molecule has 0 fully saturated rings. The minimum absolute atomic E-state index is 0.163. The Balaban J connectivity index is 3.75. The first-order valence-corrected chi connectivity index (χ1v) is 7.59. The molecule has 0 heterocycles. The maximum atomic E-state index is 11.9. The van der Waals surface area contributed by atoms with Gasteiger partial charge < -0.3 is 4.43 Å². The standard InChI is InChI=1S/C8H17F3OSi/c1-4-6-12-13(2,3)7-5-8(9,10)11/h4-7H2,1-3H3. The summed E-state index contributed by atoms with van der Waals surface area (Å²) in [6, 6.07) is 0.163. The van der Waals surface area contributed by atoms with Crippen LogP contribution in [0.4, 0.5) is 13.2 Å². The first-order valence-electron chi connectivity index (χ1n) is 4.47. The second-order valence-corrected chi connectivity index (χ2v) is 8.03. The van der Waals surface area contributed by atoms with Crippen molar-refractivity contribution in [1.82, 2.24) is 0 Å². The van der Waals surface area contributed by atoms with Crippen molar-refractivity contribution in [2.24, 2.45) is 0 Å². The summed E-state index contributed by atoms with van der Waals surface area (Å²) in [5.74, 6) is 0. The molecule has 0 amide bonds. The van der Waals surface area contributed by atoms with Crippen LogP contribution in [0.2, 0.25) is 19.1 Å². The topological polar surface area (TPSA) is 9.23 Å². The van der Waals surface area contributed by atoms with Crippen LogP contribution in [0.25, 0.3) is 0 Å². The molecule has 0 bridgehead atoms. The van der Waals surface area contributed by atoms with Crippen LogP contribution in [0.1, 0.15) is 19.8 Å². The minimum atomic E-state index is -4.04. The van der Waals surface area contributed by atoms with E-state index in [0.29, 0.717) is 6.61 Å². The van der Waals surface area contributed by atoms with Crippen LogP contribution in [0.5, 0.6) is 0 Å². The van der Waals surface area contributed by atoms with Gasteiger partial charge in [-0.3, -0.25) is 0 Å². The molecule has 0 unspecified atom stereocenters. The third kappa shape index (κ3) is 8.30. The van der Waals surface area contributed by atoms with Gasteiger partial charge in [0.25, 0.3) is 0 Å². The maximum absolute atomic E-state index is 11.9. The summed E-state index contributed by atoms with van der Waals surface area (Å²) in [5.41, 5.74) is 0. The predicted molar refractivity (Wildman–Crippen MR) is 49.2 cm³/mol. The molecule has 0 aliphatic carbocycles. The first kappa shape index (κ1) is 13.0. The molecule has 0 saturated heterocycles. The molecule has 0 aromatic carbocycles. The molecule has 0 aromatic rings. The molecule has 0 aliphatic rings. The molecule has 0 saturated carbocycles. The van der Waals surface area contributed by atoms with E-state index in [2.05, 4.69) is 0 Å². The Morgan fingerprint density at radius 3 is 2.15 bits per heavy atom. The molecule has 0 atom stereocenters. The van der Waals surface area contributed by atoms with Crippen LogP contribution >= 0.6 is 0 Å². The lowest BCUT2D eigenvalue weighted by Crippen LogP contribution is -2.32. The van der Waals surface area contributed by atoms with E-state index in [-0.39, 0.29) is 6.04 Å². The zero-order valence-corrected chi connectivity index (χ0v) is 9.37. The summed E-state index contributed by atoms with van der Waals surface area (Å²) in [6.45, 7) is 6.19. The molecule has 0 rings (SSSR count). The fraction of sp³-hybridized carbons (Fsp3) is 1.00. The lowest BCUT2D eigenvalue weighted by atomic mass is 10.5. The molecule has 1 nitrogen and oxygen atoms in total. The van der Waals surface area contributed by atoms with Gasteiger partial charge in [-0.05, 0) is 25.6 Å². The zero-order valence-electron chi connectivity index (χ0n) is 8.37. The third-order valence-corrected chi connectivity index (χ3v) is 4.15. The predicted octanol–water partition coefficient (Wildman–Crippen LogP) is 3.57. The second kappa shape index (κ2) is 5.00. The van der Waals surface area contributed by atoms with Crippen molar-refractivity contribution in [3.05, 3.63) is 0 Å². The Morgan fingerprint density at radius 1 is 1.23 bits per heavy atom. The van der Waals surface area contributed by atoms with Crippen molar-refractivity contribution >= 4 is 8.32 Å². The van der Waals surface area contributed by atoms with E-state index in [1.165, 1.54) is 0 Å². The summed E-state index contributed by atoms with van der Waals surface area (Å²) < 4.78 is 41.0. The molecule has 0 aliphatic heterocycles. The largest absolute Gasteiger partial charge is 0.417 e. The van der Waals surface area contributed by atoms with E-state index < -0.39 is 20.9 Å². The van der Waals surface area contributed by atoms with Crippen molar-refractivity contribution in [1.29, 1.82) is 0 Å². The highest BCUT2D eigenvalue weighted by Gasteiger charge is 2.32. The van der Waals surface area contributed by atoms with Gasteiger partial charge in [0.05, 0.1) is 0 Å². The average Bonchev–Trinajstić information content (AvgIpc) is 1.97. The summed E-state index contributed by atoms with van der Waals surface area (Å²) in [4.78, 5) is 0. The van der Waals surface area contributed by atoms with Gasteiger partial charge >= 0.3 is 6.18 Å². The lowest BCUT2D eigenvalue weighted by molar-refractivity contribution is -0.131. The summed E-state index contributed by atoms with van der Waals surface area (Å²) in [7, 11) is -2.05. The van der Waals surface area contributed by atoms with Crippen molar-refractivity contribution in [2.45, 2.75) is 45.1 Å². The fourth-order valence-electron chi connectivity index (χ4n) is 0.893. The Labute approximate surface area is 78.4 Å². The van der Waals surface area contributed by atoms with Crippen LogP contribution in [-0.4, -0.2) is 21.1 Å². The molecule has 0 spiro atoms. The van der Waals surface area contributed by atoms with Gasteiger partial charge in [0.2, 0.25) is 0 Å². The minimum Gasteiger partial charge on any atom is -0.417 e. The number of hydrogen-bond acceptors (Lipinski definition) is 1. The molecule has 80 valence electrons. The smallest absolute Gasteiger partial charge is 0.388 e. The monoisotopic (exact) mass is 214 g/mol. The van der Waals surface area contributed by atoms with Crippen LogP contribution in [-0.2, 0) is 4.43 Å². The second-order valence-electron chi connectivity index (χ2n) is 3.72. The third-order valence-electron chi connectivity index (χ3n) is 1.71. The average molecular weight is 214 g/mol. The summed E-state index contributed by atoms with van der Waals surface area (Å²) >= 11 is 0.